The fraction of sp³-hybridized carbons (Fsp3) is 0.516. The summed E-state index contributed by atoms with van der Waals surface area (Å²) in [7, 11) is 0. The third-order valence-corrected chi connectivity index (χ3v) is 9.17. The molecule has 2 unspecified atom stereocenters. The molecule has 0 aromatic heterocycles. The molecule has 3 aliphatic rings. The van der Waals surface area contributed by atoms with Crippen molar-refractivity contribution in [1.29, 1.82) is 0 Å². The maximum absolute atomic E-state index is 13.4. The van der Waals surface area contributed by atoms with Crippen LogP contribution in [-0.4, -0.2) is 47.4 Å². The molecule has 7 heteroatoms. The third kappa shape index (κ3) is 4.03. The minimum absolute atomic E-state index is 0.0598. The molecule has 2 aromatic carbocycles. The van der Waals surface area contributed by atoms with Crippen LogP contribution < -0.4 is 0 Å². The van der Waals surface area contributed by atoms with Crippen molar-refractivity contribution in [1.82, 2.24) is 0 Å². The minimum atomic E-state index is -1.04. The Morgan fingerprint density at radius 1 is 0.789 bits per heavy atom. The first-order valence-electron chi connectivity index (χ1n) is 13.4. The molecule has 1 spiro atoms. The van der Waals surface area contributed by atoms with Crippen molar-refractivity contribution in [3.05, 3.63) is 71.8 Å². The van der Waals surface area contributed by atoms with E-state index >= 15 is 0 Å². The molecule has 3 fully saturated rings. The van der Waals surface area contributed by atoms with Crippen LogP contribution in [0.3, 0.4) is 0 Å². The van der Waals surface area contributed by atoms with E-state index in [1.807, 2.05) is 32.9 Å². The van der Waals surface area contributed by atoms with E-state index in [9.17, 15) is 14.4 Å². The highest BCUT2D eigenvalue weighted by atomic mass is 16.6. The van der Waals surface area contributed by atoms with Gasteiger partial charge in [0.2, 0.25) is 0 Å². The van der Waals surface area contributed by atoms with Gasteiger partial charge >= 0.3 is 17.9 Å². The lowest BCUT2D eigenvalue weighted by atomic mass is 9.49. The topological polar surface area (TPSA) is 88.1 Å². The van der Waals surface area contributed by atoms with Gasteiger partial charge in [0.05, 0.1) is 22.1 Å². The lowest BCUT2D eigenvalue weighted by molar-refractivity contribution is -0.282. The zero-order chi connectivity index (χ0) is 27.3. The summed E-state index contributed by atoms with van der Waals surface area (Å²) in [5.74, 6) is -1.58. The van der Waals surface area contributed by atoms with Crippen LogP contribution in [0.2, 0.25) is 0 Å². The Kier molecular flexibility index (Phi) is 6.62. The number of carbonyl (C=O) groups excluding carboxylic acids is 3. The number of hydrogen-bond donors (Lipinski definition) is 0. The lowest BCUT2D eigenvalue weighted by Gasteiger charge is -2.61. The van der Waals surface area contributed by atoms with Crippen LogP contribution >= 0.6 is 0 Å². The molecule has 2 aliphatic carbocycles. The van der Waals surface area contributed by atoms with Gasteiger partial charge in [-0.15, -0.1) is 0 Å². The Balaban J connectivity index is 1.60. The second-order valence-electron chi connectivity index (χ2n) is 11.7. The molecule has 0 amide bonds. The molecule has 7 atom stereocenters. The highest BCUT2D eigenvalue weighted by Gasteiger charge is 2.79. The summed E-state index contributed by atoms with van der Waals surface area (Å²) in [5.41, 5.74) is -1.77. The Hall–Kier alpha value is -3.19. The van der Waals surface area contributed by atoms with Crippen molar-refractivity contribution >= 4 is 17.9 Å². The molecule has 2 saturated carbocycles. The molecule has 0 N–H and O–H groups in total. The molecular weight excluding hydrogens is 484 g/mol. The monoisotopic (exact) mass is 520 g/mol. The first-order chi connectivity index (χ1) is 18.0. The number of hydrogen-bond acceptors (Lipinski definition) is 7. The Morgan fingerprint density at radius 2 is 1.34 bits per heavy atom. The first kappa shape index (κ1) is 26.4. The smallest absolute Gasteiger partial charge is 0.338 e. The van der Waals surface area contributed by atoms with Crippen molar-refractivity contribution in [2.24, 2.45) is 17.3 Å². The van der Waals surface area contributed by atoms with Crippen molar-refractivity contribution in [3.8, 4) is 0 Å². The molecule has 1 aliphatic heterocycles. The van der Waals surface area contributed by atoms with Gasteiger partial charge in [-0.1, -0.05) is 43.3 Å². The number of esters is 3. The number of rotatable bonds is 5. The van der Waals surface area contributed by atoms with E-state index in [0.717, 1.165) is 0 Å². The highest BCUT2D eigenvalue weighted by Crippen LogP contribution is 2.67. The predicted octanol–water partition coefficient (Wildman–Crippen LogP) is 5.37. The number of ether oxygens (including phenoxy) is 4. The lowest BCUT2D eigenvalue weighted by Crippen LogP contribution is -2.73. The predicted molar refractivity (Wildman–Crippen MR) is 139 cm³/mol. The van der Waals surface area contributed by atoms with E-state index in [2.05, 4.69) is 6.92 Å². The SMILES string of the molecule is CC(=O)O[C@H]1CC[C@@H](C)C23OC(C)(C)C(C[C@H](OC(=O)c4ccccc4)[C@]12C)[C@@H]3OC(=O)c1ccccc1. The van der Waals surface area contributed by atoms with Gasteiger partial charge in [-0.2, -0.15) is 0 Å². The van der Waals surface area contributed by atoms with Crippen molar-refractivity contribution in [2.75, 3.05) is 0 Å². The summed E-state index contributed by atoms with van der Waals surface area (Å²) < 4.78 is 25.5. The second kappa shape index (κ2) is 9.53. The van der Waals surface area contributed by atoms with E-state index in [-0.39, 0.29) is 11.8 Å². The van der Waals surface area contributed by atoms with Crippen molar-refractivity contribution in [2.45, 2.75) is 83.4 Å². The minimum Gasteiger partial charge on any atom is -0.462 e. The quantitative estimate of drug-likeness (QED) is 0.387. The van der Waals surface area contributed by atoms with Crippen LogP contribution in [0.25, 0.3) is 0 Å². The molecule has 2 aromatic rings. The fourth-order valence-corrected chi connectivity index (χ4v) is 7.32. The molecular formula is C31H36O7. The van der Waals surface area contributed by atoms with E-state index in [4.69, 9.17) is 18.9 Å². The van der Waals surface area contributed by atoms with Crippen LogP contribution in [-0.2, 0) is 23.7 Å². The number of carbonyl (C=O) groups is 3. The first-order valence-corrected chi connectivity index (χ1v) is 13.4. The zero-order valence-electron chi connectivity index (χ0n) is 22.6. The average molecular weight is 521 g/mol. The van der Waals surface area contributed by atoms with Gasteiger partial charge in [-0.05, 0) is 70.2 Å². The Labute approximate surface area is 223 Å². The number of benzene rings is 2. The summed E-state index contributed by atoms with van der Waals surface area (Å²) >= 11 is 0. The Bertz CT molecular complexity index is 1210. The number of fused-ring (bicyclic) bond motifs is 1. The largest absolute Gasteiger partial charge is 0.462 e. The maximum Gasteiger partial charge on any atom is 0.338 e. The van der Waals surface area contributed by atoms with Crippen LogP contribution in [0, 0.1) is 17.3 Å². The summed E-state index contributed by atoms with van der Waals surface area (Å²) in [6, 6.07) is 17.8. The van der Waals surface area contributed by atoms with Crippen molar-refractivity contribution < 1.29 is 33.3 Å². The van der Waals surface area contributed by atoms with Gasteiger partial charge < -0.3 is 18.9 Å². The normalized spacial score (nSPS) is 35.0. The summed E-state index contributed by atoms with van der Waals surface area (Å²) in [4.78, 5) is 39.0. The van der Waals surface area contributed by atoms with Gasteiger partial charge in [0, 0.05) is 12.8 Å². The highest BCUT2D eigenvalue weighted by molar-refractivity contribution is 5.90. The molecule has 0 radical (unpaired) electrons. The molecule has 202 valence electrons. The third-order valence-electron chi connectivity index (χ3n) is 9.17. The maximum atomic E-state index is 13.4. The van der Waals surface area contributed by atoms with Crippen LogP contribution in [0.5, 0.6) is 0 Å². The van der Waals surface area contributed by atoms with Gasteiger partial charge in [0.15, 0.2) is 0 Å². The van der Waals surface area contributed by atoms with Crippen LogP contribution in [0.4, 0.5) is 0 Å². The average Bonchev–Trinajstić information content (AvgIpc) is 3.07. The molecule has 7 nitrogen and oxygen atoms in total. The molecule has 1 saturated heterocycles. The molecule has 38 heavy (non-hydrogen) atoms. The standard InChI is InChI=1S/C31H36O7/c1-19-16-17-24(35-20(2)32)30(5)25(36-27(33)21-12-8-6-9-13-21)18-23-26(31(19,30)38-29(23,3)4)37-28(34)22-14-10-7-11-15-22/h6-15,19,23-26H,16-18H2,1-5H3/t19-,23?,24+,25+,26+,30+,31?/m1/s1. The van der Waals surface area contributed by atoms with E-state index in [1.165, 1.54) is 6.92 Å². The zero-order valence-corrected chi connectivity index (χ0v) is 22.6. The van der Waals surface area contributed by atoms with Gasteiger partial charge in [0.1, 0.15) is 23.9 Å². The van der Waals surface area contributed by atoms with E-state index in [1.54, 1.807) is 48.5 Å². The molecule has 5 rings (SSSR count). The summed E-state index contributed by atoms with van der Waals surface area (Å²) in [6.45, 7) is 9.45. The van der Waals surface area contributed by atoms with Crippen molar-refractivity contribution in [3.63, 3.8) is 0 Å². The van der Waals surface area contributed by atoms with E-state index < -0.39 is 52.8 Å². The summed E-state index contributed by atoms with van der Waals surface area (Å²) in [6.07, 6.45) is -0.129. The summed E-state index contributed by atoms with van der Waals surface area (Å²) in [5, 5.41) is 0. The Morgan fingerprint density at radius 3 is 1.89 bits per heavy atom. The molecule has 1 heterocycles. The van der Waals surface area contributed by atoms with Gasteiger partial charge in [-0.3, -0.25) is 4.79 Å². The molecule has 2 bridgehead atoms. The van der Waals surface area contributed by atoms with Gasteiger partial charge in [0.25, 0.3) is 0 Å². The van der Waals surface area contributed by atoms with Crippen LogP contribution in [0.15, 0.2) is 60.7 Å². The second-order valence-corrected chi connectivity index (χ2v) is 11.7. The van der Waals surface area contributed by atoms with Gasteiger partial charge in [-0.25, -0.2) is 9.59 Å². The fourth-order valence-electron chi connectivity index (χ4n) is 7.32. The van der Waals surface area contributed by atoms with Crippen LogP contribution in [0.1, 0.15) is 74.6 Å². The van der Waals surface area contributed by atoms with E-state index in [0.29, 0.717) is 30.4 Å².